The fraction of sp³-hybridized carbons (Fsp3) is 0.444. The third-order valence-corrected chi connectivity index (χ3v) is 7.47. The van der Waals surface area contributed by atoms with Gasteiger partial charge in [0.25, 0.3) is 11.6 Å². The second-order valence-electron chi connectivity index (χ2n) is 6.19. The third-order valence-electron chi connectivity index (χ3n) is 3.89. The zero-order chi connectivity index (χ0) is 19.0. The van der Waals surface area contributed by atoms with Crippen molar-refractivity contribution < 1.29 is 9.72 Å². The van der Waals surface area contributed by atoms with Crippen LogP contribution in [0.25, 0.3) is 0 Å². The number of hydrogen-bond acceptors (Lipinski definition) is 6. The molecule has 0 spiro atoms. The minimum atomic E-state index is -0.495. The lowest BCUT2D eigenvalue weighted by molar-refractivity contribution is -0.384. The van der Waals surface area contributed by atoms with Crippen LogP contribution in [0.4, 0.5) is 5.69 Å². The van der Waals surface area contributed by atoms with Crippen molar-refractivity contribution in [2.75, 3.05) is 11.5 Å². The van der Waals surface area contributed by atoms with Gasteiger partial charge in [-0.1, -0.05) is 11.6 Å². The number of carbonyl (C=O) groups excluding carboxylic acids is 1. The molecule has 2 rings (SSSR count). The van der Waals surface area contributed by atoms with Crippen molar-refractivity contribution in [1.29, 1.82) is 0 Å². The molecule has 8 heteroatoms. The maximum Gasteiger partial charge on any atom is 0.271 e. The van der Waals surface area contributed by atoms with Crippen LogP contribution in [-0.4, -0.2) is 32.6 Å². The highest BCUT2D eigenvalue weighted by Crippen LogP contribution is 2.49. The summed E-state index contributed by atoms with van der Waals surface area (Å²) in [6.45, 7) is 4.22. The van der Waals surface area contributed by atoms with E-state index in [0.29, 0.717) is 5.56 Å². The minimum Gasteiger partial charge on any atom is -0.267 e. The van der Waals surface area contributed by atoms with E-state index in [0.717, 1.165) is 30.8 Å². The van der Waals surface area contributed by atoms with Crippen LogP contribution in [0.1, 0.15) is 43.5 Å². The molecule has 1 saturated heterocycles. The molecule has 0 saturated carbocycles. The normalized spacial score (nSPS) is 15.8. The molecule has 0 atom stereocenters. The number of allylic oxidation sites excluding steroid dienone is 2. The Hall–Kier alpha value is -1.80. The van der Waals surface area contributed by atoms with Gasteiger partial charge >= 0.3 is 0 Å². The van der Waals surface area contributed by atoms with Crippen molar-refractivity contribution >= 4 is 41.3 Å². The van der Waals surface area contributed by atoms with Gasteiger partial charge in [-0.2, -0.15) is 5.10 Å². The van der Waals surface area contributed by atoms with E-state index in [4.69, 9.17) is 0 Å². The van der Waals surface area contributed by atoms with E-state index < -0.39 is 4.92 Å². The first kappa shape index (κ1) is 20.5. The Morgan fingerprint density at radius 3 is 2.54 bits per heavy atom. The number of thioether (sulfide) groups is 2. The van der Waals surface area contributed by atoms with Crippen LogP contribution in [0.3, 0.4) is 0 Å². The molecule has 0 bridgehead atoms. The number of nitrogens with zero attached hydrogens (tertiary/aromatic N) is 2. The summed E-state index contributed by atoms with van der Waals surface area (Å²) in [7, 11) is 0. The summed E-state index contributed by atoms with van der Waals surface area (Å²) in [5.41, 5.74) is 4.12. The van der Waals surface area contributed by atoms with E-state index in [-0.39, 0.29) is 15.7 Å². The van der Waals surface area contributed by atoms with Crippen LogP contribution in [-0.2, 0) is 0 Å². The van der Waals surface area contributed by atoms with Gasteiger partial charge in [0.2, 0.25) is 0 Å². The first-order valence-electron chi connectivity index (χ1n) is 8.39. The van der Waals surface area contributed by atoms with Crippen molar-refractivity contribution in [1.82, 2.24) is 5.43 Å². The van der Waals surface area contributed by atoms with Crippen molar-refractivity contribution in [2.24, 2.45) is 5.10 Å². The van der Waals surface area contributed by atoms with Crippen LogP contribution in [0.15, 0.2) is 41.0 Å². The highest BCUT2D eigenvalue weighted by molar-refractivity contribution is 8.21. The molecule has 0 unspecified atom stereocenters. The lowest BCUT2D eigenvalue weighted by Crippen LogP contribution is -2.20. The van der Waals surface area contributed by atoms with Gasteiger partial charge in [0, 0.05) is 41.8 Å². The van der Waals surface area contributed by atoms with Crippen molar-refractivity contribution in [2.45, 2.75) is 37.2 Å². The Kier molecular flexibility index (Phi) is 7.71. The minimum absolute atomic E-state index is 0.0429. The van der Waals surface area contributed by atoms with Crippen LogP contribution < -0.4 is 5.43 Å². The largest absolute Gasteiger partial charge is 0.271 e. The van der Waals surface area contributed by atoms with Crippen molar-refractivity contribution in [3.63, 3.8) is 0 Å². The number of nitrogens with one attached hydrogen (secondary N) is 1. The summed E-state index contributed by atoms with van der Waals surface area (Å²) in [6.07, 6.45) is 6.94. The molecule has 1 amide bonds. The first-order chi connectivity index (χ1) is 12.4. The molecular weight excluding hydrogens is 370 g/mol. The van der Waals surface area contributed by atoms with Crippen LogP contribution in [0.2, 0.25) is 0 Å². The van der Waals surface area contributed by atoms with E-state index in [9.17, 15) is 14.9 Å². The highest BCUT2D eigenvalue weighted by Gasteiger charge is 2.33. The fourth-order valence-electron chi connectivity index (χ4n) is 2.53. The summed E-state index contributed by atoms with van der Waals surface area (Å²) in [4.78, 5) is 22.2. The predicted octanol–water partition coefficient (Wildman–Crippen LogP) is 4.62. The second-order valence-corrected chi connectivity index (χ2v) is 9.40. The Balaban J connectivity index is 1.87. The lowest BCUT2D eigenvalue weighted by Gasteiger charge is -2.24. The van der Waals surface area contributed by atoms with Gasteiger partial charge in [-0.05, 0) is 38.8 Å². The zero-order valence-electron chi connectivity index (χ0n) is 14.9. The summed E-state index contributed by atoms with van der Waals surface area (Å²) in [6, 6.07) is 5.46. The average molecular weight is 394 g/mol. The second kappa shape index (κ2) is 9.78. The number of benzene rings is 1. The number of hydrazone groups is 1. The van der Waals surface area contributed by atoms with Crippen molar-refractivity contribution in [3.8, 4) is 0 Å². The van der Waals surface area contributed by atoms with Gasteiger partial charge in [-0.25, -0.2) is 5.43 Å². The SMILES string of the molecule is CC(C)=CCCC1(CC=NNC(=O)c2ccc([N+](=O)[O-])cc2)SCCS1. The fourth-order valence-corrected chi connectivity index (χ4v) is 5.68. The van der Waals surface area contributed by atoms with Crippen molar-refractivity contribution in [3.05, 3.63) is 51.6 Å². The number of nitro benzene ring substituents is 1. The predicted molar refractivity (Wildman–Crippen MR) is 110 cm³/mol. The van der Waals surface area contributed by atoms with E-state index >= 15 is 0 Å². The molecule has 1 aromatic rings. The maximum absolute atomic E-state index is 12.0. The summed E-state index contributed by atoms with van der Waals surface area (Å²) >= 11 is 3.93. The molecule has 0 aliphatic carbocycles. The standard InChI is InChI=1S/C18H23N3O3S2/c1-14(2)4-3-9-18(25-12-13-26-18)10-11-19-20-17(22)15-5-7-16(8-6-15)21(23)24/h4-8,11H,3,9-10,12-13H2,1-2H3,(H,20,22). The van der Waals surface area contributed by atoms with Gasteiger partial charge in [0.05, 0.1) is 9.00 Å². The van der Waals surface area contributed by atoms with E-state index in [1.165, 1.54) is 29.8 Å². The Morgan fingerprint density at radius 1 is 1.31 bits per heavy atom. The Labute approximate surface area is 162 Å². The quantitative estimate of drug-likeness (QED) is 0.301. The summed E-state index contributed by atoms with van der Waals surface area (Å²) in [5, 5.41) is 14.7. The number of rotatable bonds is 8. The Morgan fingerprint density at radius 2 is 1.96 bits per heavy atom. The van der Waals surface area contributed by atoms with E-state index in [2.05, 4.69) is 30.5 Å². The van der Waals surface area contributed by atoms with Gasteiger partial charge in [-0.15, -0.1) is 23.5 Å². The molecule has 0 radical (unpaired) electrons. The molecule has 1 fully saturated rings. The van der Waals surface area contributed by atoms with Crippen LogP contribution in [0.5, 0.6) is 0 Å². The molecule has 1 N–H and O–H groups in total. The number of hydrogen-bond donors (Lipinski definition) is 1. The third kappa shape index (κ3) is 6.17. The molecule has 26 heavy (non-hydrogen) atoms. The number of non-ortho nitro benzene ring substituents is 1. The van der Waals surface area contributed by atoms with Gasteiger partial charge in [0.15, 0.2) is 0 Å². The van der Waals surface area contributed by atoms with Crippen LogP contribution in [0, 0.1) is 10.1 Å². The van der Waals surface area contributed by atoms with E-state index in [1.54, 1.807) is 6.21 Å². The summed E-state index contributed by atoms with van der Waals surface area (Å²) in [5.74, 6) is 1.91. The molecule has 6 nitrogen and oxygen atoms in total. The van der Waals surface area contributed by atoms with E-state index in [1.807, 2.05) is 23.5 Å². The molecule has 140 valence electrons. The average Bonchev–Trinajstić information content (AvgIpc) is 3.07. The van der Waals surface area contributed by atoms with Gasteiger partial charge in [0.1, 0.15) is 0 Å². The highest BCUT2D eigenvalue weighted by atomic mass is 32.2. The monoisotopic (exact) mass is 393 g/mol. The maximum atomic E-state index is 12.0. The molecular formula is C18H23N3O3S2. The van der Waals surface area contributed by atoms with Crippen LogP contribution >= 0.6 is 23.5 Å². The zero-order valence-corrected chi connectivity index (χ0v) is 16.6. The topological polar surface area (TPSA) is 84.6 Å². The lowest BCUT2D eigenvalue weighted by atomic mass is 10.1. The Bertz CT molecular complexity index is 692. The number of carbonyl (C=O) groups is 1. The van der Waals surface area contributed by atoms with Gasteiger partial charge < -0.3 is 0 Å². The molecule has 0 aromatic heterocycles. The molecule has 1 aromatic carbocycles. The molecule has 1 aliphatic heterocycles. The number of nitro groups is 1. The molecule has 1 heterocycles. The summed E-state index contributed by atoms with van der Waals surface area (Å²) < 4.78 is 0.132. The van der Waals surface area contributed by atoms with Gasteiger partial charge in [-0.3, -0.25) is 14.9 Å². The first-order valence-corrected chi connectivity index (χ1v) is 10.4. The number of amides is 1. The smallest absolute Gasteiger partial charge is 0.267 e. The molecule has 1 aliphatic rings.